The predicted octanol–water partition coefficient (Wildman–Crippen LogP) is 5.19. The first-order valence-electron chi connectivity index (χ1n) is 14.8. The van der Waals surface area contributed by atoms with Crippen molar-refractivity contribution in [3.63, 3.8) is 0 Å². The van der Waals surface area contributed by atoms with Gasteiger partial charge in [0, 0.05) is 37.3 Å². The molecule has 0 saturated heterocycles. The fraction of sp³-hybridized carbons (Fsp3) is 0.333. The van der Waals surface area contributed by atoms with E-state index in [0.717, 1.165) is 34.2 Å². The van der Waals surface area contributed by atoms with Crippen molar-refractivity contribution >= 4 is 39.0 Å². The fourth-order valence-electron chi connectivity index (χ4n) is 5.85. The summed E-state index contributed by atoms with van der Waals surface area (Å²) in [6, 6.07) is 16.7. The Kier molecular flexibility index (Phi) is 9.45. The number of amides is 1. The number of aromatic nitrogens is 1. The van der Waals surface area contributed by atoms with Gasteiger partial charge in [0.05, 0.1) is 22.8 Å². The number of anilines is 1. The molecule has 0 bridgehead atoms. The average molecular weight is 657 g/mol. The molecule has 46 heavy (non-hydrogen) atoms. The lowest BCUT2D eigenvalue weighted by Crippen LogP contribution is -2.50. The summed E-state index contributed by atoms with van der Waals surface area (Å²) in [7, 11) is -2.27. The van der Waals surface area contributed by atoms with Crippen LogP contribution in [0.5, 0.6) is 0 Å². The highest BCUT2D eigenvalue weighted by Gasteiger charge is 2.37. The Morgan fingerprint density at radius 3 is 2.46 bits per heavy atom. The van der Waals surface area contributed by atoms with E-state index in [0.29, 0.717) is 17.7 Å². The van der Waals surface area contributed by atoms with Gasteiger partial charge >= 0.3 is 6.18 Å². The van der Waals surface area contributed by atoms with Gasteiger partial charge < -0.3 is 19.9 Å². The van der Waals surface area contributed by atoms with Gasteiger partial charge in [0.2, 0.25) is 0 Å². The minimum Gasteiger partial charge on any atom is -0.461 e. The van der Waals surface area contributed by atoms with E-state index in [-0.39, 0.29) is 31.5 Å². The quantitative estimate of drug-likeness (QED) is 0.203. The highest BCUT2D eigenvalue weighted by Crippen LogP contribution is 2.41. The number of carbonyl (C=O) groups is 2. The molecule has 1 unspecified atom stereocenters. The van der Waals surface area contributed by atoms with Crippen LogP contribution in [0.1, 0.15) is 51.8 Å². The largest absolute Gasteiger partial charge is 0.461 e. The molecule has 0 radical (unpaired) electrons. The third-order valence-electron chi connectivity index (χ3n) is 8.40. The Hall–Kier alpha value is -4.36. The van der Waals surface area contributed by atoms with Crippen LogP contribution in [-0.2, 0) is 45.1 Å². The number of sulfonamides is 1. The number of aryl methyl sites for hydroxylation is 1. The van der Waals surface area contributed by atoms with E-state index >= 15 is 0 Å². The van der Waals surface area contributed by atoms with Crippen LogP contribution in [0.4, 0.5) is 18.9 Å². The molecule has 3 aromatic carbocycles. The Bertz CT molecular complexity index is 1840. The smallest absolute Gasteiger partial charge is 0.416 e. The molecule has 3 atom stereocenters. The van der Waals surface area contributed by atoms with E-state index < -0.39 is 45.2 Å². The first-order chi connectivity index (χ1) is 21.8. The minimum atomic E-state index is -4.48. The Balaban J connectivity index is 1.44. The molecule has 1 amide bonds. The van der Waals surface area contributed by atoms with Crippen LogP contribution < -0.4 is 14.9 Å². The molecule has 9 nitrogen and oxygen atoms in total. The van der Waals surface area contributed by atoms with Crippen molar-refractivity contribution in [2.24, 2.45) is 0 Å². The fourth-order valence-corrected chi connectivity index (χ4v) is 7.18. The summed E-state index contributed by atoms with van der Waals surface area (Å²) in [6.45, 7) is 3.93. The first-order valence-corrected chi connectivity index (χ1v) is 16.3. The molecule has 0 fully saturated rings. The lowest BCUT2D eigenvalue weighted by molar-refractivity contribution is -0.137. The van der Waals surface area contributed by atoms with Crippen molar-refractivity contribution < 1.29 is 35.9 Å². The highest BCUT2D eigenvalue weighted by atomic mass is 32.2. The van der Waals surface area contributed by atoms with Crippen molar-refractivity contribution in [3.05, 3.63) is 101 Å². The molecular weight excluding hydrogens is 621 g/mol. The third kappa shape index (κ3) is 6.61. The summed E-state index contributed by atoms with van der Waals surface area (Å²) in [5.74, 6) is -0.504. The maximum absolute atomic E-state index is 13.9. The second-order valence-corrected chi connectivity index (χ2v) is 13.5. The third-order valence-corrected chi connectivity index (χ3v) is 10.4. The number of carbonyl (C=O) groups excluding carboxylic acids is 2. The highest BCUT2D eigenvalue weighted by molar-refractivity contribution is 7.92. The van der Waals surface area contributed by atoms with Gasteiger partial charge in [0.25, 0.3) is 22.4 Å². The van der Waals surface area contributed by atoms with Crippen molar-refractivity contribution in [2.75, 3.05) is 17.9 Å². The van der Waals surface area contributed by atoms with Crippen LogP contribution in [-0.4, -0.2) is 51.1 Å². The van der Waals surface area contributed by atoms with E-state index in [2.05, 4.69) is 10.6 Å². The normalized spacial score (nSPS) is 17.0. The van der Waals surface area contributed by atoms with Crippen LogP contribution in [0, 0.1) is 0 Å². The molecule has 1 aliphatic heterocycles. The number of alkyl halides is 3. The number of nitrogens with zero attached hydrogens (tertiary/aromatic N) is 2. The summed E-state index contributed by atoms with van der Waals surface area (Å²) in [6.07, 6.45) is -2.68. The molecule has 0 spiro atoms. The summed E-state index contributed by atoms with van der Waals surface area (Å²) < 4.78 is 74.3. The number of nitrogens with one attached hydrogen (secondary N) is 2. The number of rotatable bonds is 12. The number of hydrogen-bond acceptors (Lipinski definition) is 6. The number of halogens is 3. The Morgan fingerprint density at radius 1 is 1.07 bits per heavy atom. The van der Waals surface area contributed by atoms with Gasteiger partial charge in [0.1, 0.15) is 6.10 Å². The number of ether oxygens (including phenoxy) is 1. The standard InChI is InChI=1S/C33H35F3N4O5S/c1-4-24-19-40-21(2)46(43,44)39(3)29-16-25(15-27(24)31(29)40)32(42)38-28(14-22-9-6-5-7-10-22)30(45-20-41)18-37-17-23-11-8-12-26(13-23)33(34,35)36/h5-13,15-16,19-21,28,30,37H,4,14,17-18H2,1-3H3,(H,38,42)/t21?,28-,30+/m0/s1. The van der Waals surface area contributed by atoms with Gasteiger partial charge in [-0.25, -0.2) is 8.42 Å². The van der Waals surface area contributed by atoms with E-state index in [9.17, 15) is 31.2 Å². The summed E-state index contributed by atoms with van der Waals surface area (Å²) in [5.41, 5.74) is 2.69. The Labute approximate surface area is 265 Å². The van der Waals surface area contributed by atoms with Gasteiger partial charge in [-0.2, -0.15) is 13.2 Å². The second-order valence-electron chi connectivity index (χ2n) is 11.3. The molecule has 0 aliphatic carbocycles. The predicted molar refractivity (Wildman–Crippen MR) is 169 cm³/mol. The second kappa shape index (κ2) is 13.2. The molecule has 1 aliphatic rings. The zero-order valence-electron chi connectivity index (χ0n) is 25.5. The first kappa shape index (κ1) is 33.0. The van der Waals surface area contributed by atoms with Gasteiger partial charge in [-0.1, -0.05) is 55.5 Å². The monoisotopic (exact) mass is 656 g/mol. The van der Waals surface area contributed by atoms with E-state index in [1.54, 1.807) is 23.6 Å². The van der Waals surface area contributed by atoms with Crippen molar-refractivity contribution in [2.45, 2.75) is 56.9 Å². The number of benzene rings is 3. The summed E-state index contributed by atoms with van der Waals surface area (Å²) >= 11 is 0. The zero-order valence-corrected chi connectivity index (χ0v) is 26.4. The zero-order chi connectivity index (χ0) is 33.2. The lowest BCUT2D eigenvalue weighted by atomic mass is 9.99. The molecule has 4 aromatic rings. The molecule has 2 N–H and O–H groups in total. The van der Waals surface area contributed by atoms with Crippen molar-refractivity contribution in [1.29, 1.82) is 0 Å². The van der Waals surface area contributed by atoms with Crippen LogP contribution >= 0.6 is 0 Å². The molecule has 5 rings (SSSR count). The van der Waals surface area contributed by atoms with Crippen molar-refractivity contribution in [1.82, 2.24) is 15.2 Å². The van der Waals surface area contributed by atoms with Crippen molar-refractivity contribution in [3.8, 4) is 0 Å². The van der Waals surface area contributed by atoms with Crippen LogP contribution in [0.2, 0.25) is 0 Å². The molecule has 244 valence electrons. The minimum absolute atomic E-state index is 0.0265. The van der Waals surface area contributed by atoms with Gasteiger partial charge in [-0.15, -0.1) is 0 Å². The maximum atomic E-state index is 13.9. The van der Waals surface area contributed by atoms with Crippen LogP contribution in [0.25, 0.3) is 10.9 Å². The lowest BCUT2D eigenvalue weighted by Gasteiger charge is -2.32. The number of hydrogen-bond donors (Lipinski definition) is 2. The van der Waals surface area contributed by atoms with E-state index in [4.69, 9.17) is 4.74 Å². The molecule has 0 saturated carbocycles. The Morgan fingerprint density at radius 2 is 1.78 bits per heavy atom. The molecular formula is C33H35F3N4O5S. The maximum Gasteiger partial charge on any atom is 0.416 e. The van der Waals surface area contributed by atoms with Crippen LogP contribution in [0.15, 0.2) is 72.9 Å². The van der Waals surface area contributed by atoms with Crippen LogP contribution in [0.3, 0.4) is 0 Å². The molecule has 1 aromatic heterocycles. The van der Waals surface area contributed by atoms with Gasteiger partial charge in [-0.05, 0) is 54.7 Å². The van der Waals surface area contributed by atoms with E-state index in [1.165, 1.54) is 23.5 Å². The van der Waals surface area contributed by atoms with Gasteiger partial charge in [0.15, 0.2) is 5.37 Å². The topological polar surface area (TPSA) is 110 Å². The average Bonchev–Trinajstić information content (AvgIpc) is 3.41. The SMILES string of the molecule is CCc1cn2c3c(cc(C(=O)N[C@@H](Cc4ccccc4)[C@@H](CNCc4cccc(C(F)(F)F)c4)OC=O)cc13)N(C)S(=O)(=O)C2C. The summed E-state index contributed by atoms with van der Waals surface area (Å²) in [5, 5.41) is 5.99. The summed E-state index contributed by atoms with van der Waals surface area (Å²) in [4.78, 5) is 25.5. The van der Waals surface area contributed by atoms with E-state index in [1.807, 2.05) is 43.5 Å². The van der Waals surface area contributed by atoms with Gasteiger partial charge in [-0.3, -0.25) is 13.9 Å². The molecule has 2 heterocycles. The molecule has 13 heteroatoms.